The van der Waals surface area contributed by atoms with Gasteiger partial charge in [-0.3, -0.25) is 9.69 Å². The predicted octanol–water partition coefficient (Wildman–Crippen LogP) is 4.80. The van der Waals surface area contributed by atoms with Crippen molar-refractivity contribution in [1.82, 2.24) is 4.98 Å². The number of nitrogens with zero attached hydrogens (tertiary/aromatic N) is 2. The average Bonchev–Trinajstić information content (AvgIpc) is 3.11. The Morgan fingerprint density at radius 3 is 2.48 bits per heavy atom. The summed E-state index contributed by atoms with van der Waals surface area (Å²) in [6, 6.07) is 14.7. The molecule has 0 saturated carbocycles. The number of benzene rings is 2. The largest absolute Gasteiger partial charge is 0.456 e. The maximum atomic E-state index is 12.2. The number of rotatable bonds is 5. The summed E-state index contributed by atoms with van der Waals surface area (Å²) in [7, 11) is 0. The number of aromatic nitrogens is 1. The van der Waals surface area contributed by atoms with Crippen LogP contribution in [0.25, 0.3) is 0 Å². The van der Waals surface area contributed by atoms with Crippen LogP contribution in [-0.2, 0) is 16.1 Å². The van der Waals surface area contributed by atoms with Crippen LogP contribution in [0.4, 0.5) is 10.8 Å². The first kappa shape index (κ1) is 18.8. The molecule has 0 aliphatic carbocycles. The quantitative estimate of drug-likeness (QED) is 0.597. The van der Waals surface area contributed by atoms with E-state index in [-0.39, 0.29) is 12.5 Å². The van der Waals surface area contributed by atoms with Crippen LogP contribution >= 0.6 is 11.3 Å². The number of esters is 1. The van der Waals surface area contributed by atoms with E-state index >= 15 is 0 Å². The zero-order chi connectivity index (χ0) is 19.4. The Morgan fingerprint density at radius 2 is 1.81 bits per heavy atom. The van der Waals surface area contributed by atoms with Crippen LogP contribution in [-0.4, -0.2) is 16.9 Å². The van der Waals surface area contributed by atoms with E-state index in [4.69, 9.17) is 4.74 Å². The number of hydrogen-bond donors (Lipinski definition) is 0. The van der Waals surface area contributed by atoms with Crippen LogP contribution < -0.4 is 4.90 Å². The van der Waals surface area contributed by atoms with Crippen LogP contribution in [0.3, 0.4) is 0 Å². The van der Waals surface area contributed by atoms with E-state index in [2.05, 4.69) is 4.98 Å². The minimum Gasteiger partial charge on any atom is -0.456 e. The minimum absolute atomic E-state index is 0.0584. The Morgan fingerprint density at radius 1 is 1.07 bits per heavy atom. The lowest BCUT2D eigenvalue weighted by Gasteiger charge is -2.19. The predicted molar refractivity (Wildman–Crippen MR) is 106 cm³/mol. The summed E-state index contributed by atoms with van der Waals surface area (Å²) in [6.45, 7) is 5.60. The van der Waals surface area contributed by atoms with Crippen LogP contribution in [0.1, 0.15) is 34.1 Å². The molecule has 1 aromatic heterocycles. The fraction of sp³-hybridized carbons (Fsp3) is 0.190. The molecule has 3 rings (SSSR count). The summed E-state index contributed by atoms with van der Waals surface area (Å²) in [4.78, 5) is 30.3. The molecule has 0 aliphatic heterocycles. The van der Waals surface area contributed by atoms with Gasteiger partial charge >= 0.3 is 5.97 Å². The summed E-state index contributed by atoms with van der Waals surface area (Å²) < 4.78 is 5.31. The monoisotopic (exact) mass is 380 g/mol. The number of thiazole rings is 1. The lowest BCUT2D eigenvalue weighted by Crippen LogP contribution is -2.22. The first-order valence-electron chi connectivity index (χ1n) is 8.50. The van der Waals surface area contributed by atoms with Crippen molar-refractivity contribution in [2.24, 2.45) is 0 Å². The minimum atomic E-state index is -0.400. The van der Waals surface area contributed by atoms with Crippen molar-refractivity contribution < 1.29 is 14.3 Å². The van der Waals surface area contributed by atoms with Crippen molar-refractivity contribution in [1.29, 1.82) is 0 Å². The first-order chi connectivity index (χ1) is 13.0. The van der Waals surface area contributed by atoms with Crippen LogP contribution in [0.2, 0.25) is 0 Å². The molecule has 0 spiro atoms. The van der Waals surface area contributed by atoms with Gasteiger partial charge in [-0.05, 0) is 49.2 Å². The van der Waals surface area contributed by atoms with Crippen molar-refractivity contribution in [3.63, 3.8) is 0 Å². The number of hydrogen-bond acceptors (Lipinski definition) is 5. The second-order valence-corrected chi connectivity index (χ2v) is 7.02. The summed E-state index contributed by atoms with van der Waals surface area (Å²) in [5.74, 6) is -0.525. The molecule has 3 aromatic rings. The van der Waals surface area contributed by atoms with Crippen molar-refractivity contribution in [2.75, 3.05) is 4.90 Å². The zero-order valence-corrected chi connectivity index (χ0v) is 16.2. The standard InChI is InChI=1S/C21H20N2O3S/c1-14-9-10-19(11-15(14)2)23(16(3)24)21-22-18(13-27-21)12-26-20(25)17-7-5-4-6-8-17/h4-11,13H,12H2,1-3H3. The zero-order valence-electron chi connectivity index (χ0n) is 15.4. The van der Waals surface area contributed by atoms with Gasteiger partial charge in [0, 0.05) is 12.3 Å². The highest BCUT2D eigenvalue weighted by atomic mass is 32.1. The van der Waals surface area contributed by atoms with Crippen molar-refractivity contribution in [3.8, 4) is 0 Å². The maximum Gasteiger partial charge on any atom is 0.338 e. The lowest BCUT2D eigenvalue weighted by atomic mass is 10.1. The molecule has 138 valence electrons. The highest BCUT2D eigenvalue weighted by molar-refractivity contribution is 7.14. The highest BCUT2D eigenvalue weighted by Crippen LogP contribution is 2.30. The molecule has 0 radical (unpaired) electrons. The molecule has 0 unspecified atom stereocenters. The maximum absolute atomic E-state index is 12.2. The van der Waals surface area contributed by atoms with Crippen LogP contribution in [0.5, 0.6) is 0 Å². The van der Waals surface area contributed by atoms with Gasteiger partial charge in [0.1, 0.15) is 6.61 Å². The molecule has 0 saturated heterocycles. The van der Waals surface area contributed by atoms with Gasteiger partial charge < -0.3 is 4.74 Å². The smallest absolute Gasteiger partial charge is 0.338 e. The van der Waals surface area contributed by atoms with Gasteiger partial charge in [0.25, 0.3) is 0 Å². The van der Waals surface area contributed by atoms with Gasteiger partial charge in [0.15, 0.2) is 5.13 Å². The molecule has 1 amide bonds. The molecule has 0 fully saturated rings. The van der Waals surface area contributed by atoms with E-state index in [0.717, 1.165) is 16.8 Å². The van der Waals surface area contributed by atoms with E-state index in [1.807, 2.05) is 38.1 Å². The molecule has 27 heavy (non-hydrogen) atoms. The van der Waals surface area contributed by atoms with Crippen molar-refractivity contribution >= 4 is 34.0 Å². The first-order valence-corrected chi connectivity index (χ1v) is 9.38. The second-order valence-electron chi connectivity index (χ2n) is 6.19. The van der Waals surface area contributed by atoms with Crippen LogP contribution in [0.15, 0.2) is 53.9 Å². The van der Waals surface area contributed by atoms with E-state index in [1.54, 1.807) is 34.5 Å². The number of aryl methyl sites for hydroxylation is 2. The number of ether oxygens (including phenoxy) is 1. The third kappa shape index (κ3) is 4.41. The Labute approximate surface area is 162 Å². The molecule has 6 heteroatoms. The highest BCUT2D eigenvalue weighted by Gasteiger charge is 2.19. The van der Waals surface area contributed by atoms with Gasteiger partial charge in [-0.25, -0.2) is 9.78 Å². The topological polar surface area (TPSA) is 59.5 Å². The molecular weight excluding hydrogens is 360 g/mol. The van der Waals surface area contributed by atoms with E-state index in [0.29, 0.717) is 16.4 Å². The van der Waals surface area contributed by atoms with Crippen LogP contribution in [0, 0.1) is 13.8 Å². The molecule has 0 N–H and O–H groups in total. The van der Waals surface area contributed by atoms with Crippen molar-refractivity contribution in [3.05, 3.63) is 76.3 Å². The average molecular weight is 380 g/mol. The molecule has 5 nitrogen and oxygen atoms in total. The molecular formula is C21H20N2O3S. The molecule has 1 heterocycles. The Bertz CT molecular complexity index is 967. The van der Waals surface area contributed by atoms with Gasteiger partial charge in [0.05, 0.1) is 16.9 Å². The number of carbonyl (C=O) groups excluding carboxylic acids is 2. The van der Waals surface area contributed by atoms with Gasteiger partial charge in [-0.1, -0.05) is 24.3 Å². The Balaban J connectivity index is 1.75. The van der Waals surface area contributed by atoms with Crippen molar-refractivity contribution in [2.45, 2.75) is 27.4 Å². The Kier molecular flexibility index (Phi) is 5.66. The number of anilines is 2. The molecule has 0 atom stereocenters. The van der Waals surface area contributed by atoms with E-state index in [9.17, 15) is 9.59 Å². The number of amides is 1. The van der Waals surface area contributed by atoms with E-state index < -0.39 is 5.97 Å². The molecule has 2 aromatic carbocycles. The third-order valence-electron chi connectivity index (χ3n) is 4.16. The molecule has 0 bridgehead atoms. The fourth-order valence-corrected chi connectivity index (χ4v) is 3.43. The lowest BCUT2D eigenvalue weighted by molar-refractivity contribution is -0.115. The normalized spacial score (nSPS) is 10.5. The number of carbonyl (C=O) groups is 2. The third-order valence-corrected chi connectivity index (χ3v) is 5.03. The Hall–Kier alpha value is -2.99. The summed E-state index contributed by atoms with van der Waals surface area (Å²) in [5, 5.41) is 2.35. The second kappa shape index (κ2) is 8.14. The van der Waals surface area contributed by atoms with E-state index in [1.165, 1.54) is 18.3 Å². The summed E-state index contributed by atoms with van der Waals surface area (Å²) in [6.07, 6.45) is 0. The van der Waals surface area contributed by atoms with Gasteiger partial charge in [-0.15, -0.1) is 11.3 Å². The summed E-state index contributed by atoms with van der Waals surface area (Å²) >= 11 is 1.34. The van der Waals surface area contributed by atoms with Gasteiger partial charge in [0.2, 0.25) is 5.91 Å². The SMILES string of the molecule is CC(=O)N(c1ccc(C)c(C)c1)c1nc(COC(=O)c2ccccc2)cs1. The van der Waals surface area contributed by atoms with Gasteiger partial charge in [-0.2, -0.15) is 0 Å². The fourth-order valence-electron chi connectivity index (χ4n) is 2.55. The summed E-state index contributed by atoms with van der Waals surface area (Å²) in [5.41, 5.74) is 4.14. The molecule has 0 aliphatic rings.